The van der Waals surface area contributed by atoms with E-state index >= 15 is 0 Å². The van der Waals surface area contributed by atoms with Crippen LogP contribution in [0.1, 0.15) is 0 Å². The fraction of sp³-hybridized carbons (Fsp3) is 0.273. The van der Waals surface area contributed by atoms with E-state index in [0.29, 0.717) is 0 Å². The fourth-order valence-electron chi connectivity index (χ4n) is 1.07. The smallest absolute Gasteiger partial charge is 0.359 e. The second-order valence-corrected chi connectivity index (χ2v) is 3.38. The first-order chi connectivity index (χ1) is 8.10. The average Bonchev–Trinajstić information content (AvgIpc) is 2.36. The van der Waals surface area contributed by atoms with Gasteiger partial charge in [0.15, 0.2) is 0 Å². The monoisotopic (exact) mass is 258 g/mol. The van der Waals surface area contributed by atoms with Crippen LogP contribution in [-0.4, -0.2) is 32.3 Å². The van der Waals surface area contributed by atoms with Gasteiger partial charge >= 0.3 is 11.9 Å². The highest BCUT2D eigenvalue weighted by Gasteiger charge is 2.31. The number of hydrogen-bond donors (Lipinski definition) is 0. The number of rotatable bonds is 4. The Balaban J connectivity index is 2.91. The van der Waals surface area contributed by atoms with Crippen LogP contribution in [0.15, 0.2) is 24.3 Å². The summed E-state index contributed by atoms with van der Waals surface area (Å²) in [6.07, 6.45) is -1.48. The molecule has 17 heavy (non-hydrogen) atoms. The minimum atomic E-state index is -1.48. The normalized spacial score (nSPS) is 9.88. The van der Waals surface area contributed by atoms with E-state index in [-0.39, 0.29) is 10.8 Å². The van der Waals surface area contributed by atoms with Gasteiger partial charge in [-0.2, -0.15) is 0 Å². The standard InChI is InChI=1S/C11H11ClO5/c1-15-10(13)9(11(14)16-2)17-8-6-4-3-5-7(8)12/h3-6,9H,1-2H3. The molecular formula is C11H11ClO5. The maximum Gasteiger partial charge on any atom is 0.359 e. The van der Waals surface area contributed by atoms with Crippen LogP contribution >= 0.6 is 11.6 Å². The summed E-state index contributed by atoms with van der Waals surface area (Å²) in [7, 11) is 2.29. The number of methoxy groups -OCH3 is 2. The summed E-state index contributed by atoms with van der Waals surface area (Å²) in [5, 5.41) is 0.283. The quantitative estimate of drug-likeness (QED) is 0.604. The van der Waals surface area contributed by atoms with Gasteiger partial charge in [0.25, 0.3) is 6.10 Å². The molecule has 5 nitrogen and oxygen atoms in total. The fourth-order valence-corrected chi connectivity index (χ4v) is 1.25. The maximum atomic E-state index is 11.3. The lowest BCUT2D eigenvalue weighted by molar-refractivity contribution is -0.163. The first kappa shape index (κ1) is 13.3. The molecule has 0 aromatic heterocycles. The van der Waals surface area contributed by atoms with Crippen molar-refractivity contribution in [3.05, 3.63) is 29.3 Å². The van der Waals surface area contributed by atoms with Crippen molar-refractivity contribution in [1.29, 1.82) is 0 Å². The first-order valence-corrected chi connectivity index (χ1v) is 5.04. The van der Waals surface area contributed by atoms with Gasteiger partial charge in [0.2, 0.25) is 0 Å². The third-order valence-corrected chi connectivity index (χ3v) is 2.22. The Labute approximate surface area is 103 Å². The van der Waals surface area contributed by atoms with Crippen LogP contribution in [0.2, 0.25) is 5.02 Å². The minimum Gasteiger partial charge on any atom is -0.466 e. The summed E-state index contributed by atoms with van der Waals surface area (Å²) in [4.78, 5) is 22.7. The van der Waals surface area contributed by atoms with Gasteiger partial charge in [0, 0.05) is 0 Å². The molecule has 92 valence electrons. The van der Waals surface area contributed by atoms with Crippen LogP contribution in [0.3, 0.4) is 0 Å². The largest absolute Gasteiger partial charge is 0.466 e. The molecule has 0 unspecified atom stereocenters. The van der Waals surface area contributed by atoms with Gasteiger partial charge < -0.3 is 14.2 Å². The molecule has 1 rings (SSSR count). The number of para-hydroxylation sites is 1. The van der Waals surface area contributed by atoms with Crippen molar-refractivity contribution < 1.29 is 23.8 Å². The molecule has 0 bridgehead atoms. The molecule has 0 saturated heterocycles. The third-order valence-electron chi connectivity index (χ3n) is 1.91. The van der Waals surface area contributed by atoms with Crippen molar-refractivity contribution in [1.82, 2.24) is 0 Å². The van der Waals surface area contributed by atoms with Crippen molar-refractivity contribution >= 4 is 23.5 Å². The number of carbonyl (C=O) groups excluding carboxylic acids is 2. The van der Waals surface area contributed by atoms with Gasteiger partial charge in [0.1, 0.15) is 5.75 Å². The zero-order valence-electron chi connectivity index (χ0n) is 9.31. The lowest BCUT2D eigenvalue weighted by Gasteiger charge is -2.15. The van der Waals surface area contributed by atoms with Gasteiger partial charge in [-0.1, -0.05) is 23.7 Å². The SMILES string of the molecule is COC(=O)C(Oc1ccccc1Cl)C(=O)OC. The second kappa shape index (κ2) is 6.10. The van der Waals surface area contributed by atoms with E-state index in [0.717, 1.165) is 14.2 Å². The highest BCUT2D eigenvalue weighted by molar-refractivity contribution is 6.32. The third kappa shape index (κ3) is 3.35. The Morgan fingerprint density at radius 1 is 1.12 bits per heavy atom. The first-order valence-electron chi connectivity index (χ1n) is 4.67. The average molecular weight is 259 g/mol. The number of carbonyl (C=O) groups is 2. The highest BCUT2D eigenvalue weighted by atomic mass is 35.5. The maximum absolute atomic E-state index is 11.3. The summed E-state index contributed by atoms with van der Waals surface area (Å²) in [5.74, 6) is -1.50. The van der Waals surface area contributed by atoms with Crippen LogP contribution < -0.4 is 4.74 Å². The minimum absolute atomic E-state index is 0.204. The Bertz CT molecular complexity index is 402. The van der Waals surface area contributed by atoms with Crippen molar-refractivity contribution in [2.75, 3.05) is 14.2 Å². The van der Waals surface area contributed by atoms with E-state index < -0.39 is 18.0 Å². The van der Waals surface area contributed by atoms with E-state index in [9.17, 15) is 9.59 Å². The summed E-state index contributed by atoms with van der Waals surface area (Å²) < 4.78 is 14.0. The van der Waals surface area contributed by atoms with Gasteiger partial charge in [-0.05, 0) is 12.1 Å². The Hall–Kier alpha value is -1.75. The molecule has 1 aromatic carbocycles. The molecule has 6 heteroatoms. The molecule has 1 aromatic rings. The number of halogens is 1. The topological polar surface area (TPSA) is 61.8 Å². The summed E-state index contributed by atoms with van der Waals surface area (Å²) in [6, 6.07) is 6.46. The molecular weight excluding hydrogens is 248 g/mol. The van der Waals surface area contributed by atoms with Crippen LogP contribution in [0, 0.1) is 0 Å². The predicted molar refractivity (Wildman–Crippen MR) is 59.9 cm³/mol. The lowest BCUT2D eigenvalue weighted by Crippen LogP contribution is -2.37. The summed E-state index contributed by atoms with van der Waals surface area (Å²) >= 11 is 5.83. The Kier molecular flexibility index (Phi) is 4.78. The molecule has 0 amide bonds. The van der Waals surface area contributed by atoms with E-state index in [1.165, 1.54) is 6.07 Å². The molecule has 0 spiro atoms. The number of hydrogen-bond acceptors (Lipinski definition) is 5. The molecule has 0 heterocycles. The van der Waals surface area contributed by atoms with E-state index in [4.69, 9.17) is 16.3 Å². The van der Waals surface area contributed by atoms with Crippen molar-refractivity contribution in [3.63, 3.8) is 0 Å². The molecule has 0 aliphatic carbocycles. The van der Waals surface area contributed by atoms with E-state index in [2.05, 4.69) is 9.47 Å². The van der Waals surface area contributed by atoms with Gasteiger partial charge in [-0.3, -0.25) is 0 Å². The van der Waals surface area contributed by atoms with Crippen molar-refractivity contribution in [2.45, 2.75) is 6.10 Å². The van der Waals surface area contributed by atoms with Gasteiger partial charge in [-0.25, -0.2) is 9.59 Å². The summed E-state index contributed by atoms with van der Waals surface area (Å²) in [5.41, 5.74) is 0. The second-order valence-electron chi connectivity index (χ2n) is 2.97. The highest BCUT2D eigenvalue weighted by Crippen LogP contribution is 2.24. The number of benzene rings is 1. The number of ether oxygens (including phenoxy) is 3. The molecule has 0 aliphatic rings. The molecule has 0 saturated carbocycles. The molecule has 0 fully saturated rings. The number of esters is 2. The van der Waals surface area contributed by atoms with Crippen LogP contribution in [0.5, 0.6) is 5.75 Å². The van der Waals surface area contributed by atoms with E-state index in [1.54, 1.807) is 18.2 Å². The summed E-state index contributed by atoms with van der Waals surface area (Å²) in [6.45, 7) is 0. The predicted octanol–water partition coefficient (Wildman–Crippen LogP) is 1.43. The van der Waals surface area contributed by atoms with Crippen LogP contribution in [-0.2, 0) is 19.1 Å². The van der Waals surface area contributed by atoms with Crippen molar-refractivity contribution in [2.24, 2.45) is 0 Å². The van der Waals surface area contributed by atoms with E-state index in [1.807, 2.05) is 0 Å². The van der Waals surface area contributed by atoms with Crippen molar-refractivity contribution in [3.8, 4) is 5.75 Å². The Morgan fingerprint density at radius 3 is 2.12 bits per heavy atom. The van der Waals surface area contributed by atoms with Gasteiger partial charge in [-0.15, -0.1) is 0 Å². The zero-order valence-corrected chi connectivity index (χ0v) is 10.1. The molecule has 0 radical (unpaired) electrons. The zero-order chi connectivity index (χ0) is 12.8. The molecule has 0 atom stereocenters. The Morgan fingerprint density at radius 2 is 1.65 bits per heavy atom. The molecule has 0 N–H and O–H groups in total. The van der Waals surface area contributed by atoms with Crippen LogP contribution in [0.25, 0.3) is 0 Å². The van der Waals surface area contributed by atoms with Crippen LogP contribution in [0.4, 0.5) is 0 Å². The molecule has 0 aliphatic heterocycles. The van der Waals surface area contributed by atoms with Gasteiger partial charge in [0.05, 0.1) is 19.2 Å². The lowest BCUT2D eigenvalue weighted by atomic mass is 10.3.